The Morgan fingerprint density at radius 3 is 3.06 bits per heavy atom. The van der Waals surface area contributed by atoms with E-state index in [4.69, 9.17) is 16.3 Å². The molecule has 86 valence electrons. The quantitative estimate of drug-likeness (QED) is 0.903. The molecule has 1 aliphatic rings. The van der Waals surface area contributed by atoms with Crippen LogP contribution in [-0.4, -0.2) is 12.6 Å². The van der Waals surface area contributed by atoms with Gasteiger partial charge in [-0.05, 0) is 37.1 Å². The molecule has 2 nitrogen and oxygen atoms in total. The SMILES string of the molecule is Clc1cc(Br)ccc1NCC1CCC=CO1. The lowest BCUT2D eigenvalue weighted by atomic mass is 10.1. The van der Waals surface area contributed by atoms with Gasteiger partial charge in [-0.25, -0.2) is 0 Å². The minimum Gasteiger partial charge on any atom is -0.497 e. The van der Waals surface area contributed by atoms with E-state index in [1.54, 1.807) is 6.26 Å². The molecule has 4 heteroatoms. The molecule has 1 heterocycles. The van der Waals surface area contributed by atoms with E-state index in [1.807, 2.05) is 24.3 Å². The molecule has 0 amide bonds. The molecule has 0 saturated heterocycles. The molecule has 0 fully saturated rings. The van der Waals surface area contributed by atoms with E-state index in [0.717, 1.165) is 34.6 Å². The van der Waals surface area contributed by atoms with Gasteiger partial charge in [0.2, 0.25) is 0 Å². The number of hydrogen-bond acceptors (Lipinski definition) is 2. The third-order valence-electron chi connectivity index (χ3n) is 2.47. The molecule has 16 heavy (non-hydrogen) atoms. The number of nitrogens with one attached hydrogen (secondary N) is 1. The Hall–Kier alpha value is -0.670. The summed E-state index contributed by atoms with van der Waals surface area (Å²) in [5.41, 5.74) is 0.947. The minimum absolute atomic E-state index is 0.240. The summed E-state index contributed by atoms with van der Waals surface area (Å²) in [6.07, 6.45) is 6.20. The lowest BCUT2D eigenvalue weighted by Crippen LogP contribution is -2.23. The summed E-state index contributed by atoms with van der Waals surface area (Å²) in [5, 5.41) is 4.02. The van der Waals surface area contributed by atoms with Crippen molar-refractivity contribution in [1.82, 2.24) is 0 Å². The maximum absolute atomic E-state index is 6.10. The van der Waals surface area contributed by atoms with Crippen molar-refractivity contribution in [1.29, 1.82) is 0 Å². The first-order valence-corrected chi connectivity index (χ1v) is 6.42. The Bertz CT molecular complexity index is 395. The first kappa shape index (κ1) is 11.8. The average molecular weight is 303 g/mol. The fourth-order valence-corrected chi connectivity index (χ4v) is 2.33. The number of rotatable bonds is 3. The van der Waals surface area contributed by atoms with Gasteiger partial charge >= 0.3 is 0 Å². The van der Waals surface area contributed by atoms with E-state index >= 15 is 0 Å². The van der Waals surface area contributed by atoms with Gasteiger partial charge in [-0.3, -0.25) is 0 Å². The highest BCUT2D eigenvalue weighted by atomic mass is 79.9. The van der Waals surface area contributed by atoms with Gasteiger partial charge in [-0.15, -0.1) is 0 Å². The van der Waals surface area contributed by atoms with E-state index in [2.05, 4.69) is 21.2 Å². The van der Waals surface area contributed by atoms with Crippen LogP contribution in [-0.2, 0) is 4.74 Å². The third kappa shape index (κ3) is 3.16. The Morgan fingerprint density at radius 2 is 2.38 bits per heavy atom. The molecule has 0 bridgehead atoms. The fraction of sp³-hybridized carbons (Fsp3) is 0.333. The molecular formula is C12H13BrClNO. The summed E-state index contributed by atoms with van der Waals surface area (Å²) in [7, 11) is 0. The molecule has 1 atom stereocenters. The Balaban J connectivity index is 1.91. The van der Waals surface area contributed by atoms with Gasteiger partial charge in [-0.2, -0.15) is 0 Å². The summed E-state index contributed by atoms with van der Waals surface area (Å²) < 4.78 is 6.45. The second-order valence-electron chi connectivity index (χ2n) is 3.71. The van der Waals surface area contributed by atoms with Crippen molar-refractivity contribution < 1.29 is 4.74 Å². The van der Waals surface area contributed by atoms with E-state index in [-0.39, 0.29) is 6.10 Å². The molecule has 1 aromatic rings. The molecule has 1 aliphatic heterocycles. The molecular weight excluding hydrogens is 289 g/mol. The van der Waals surface area contributed by atoms with Crippen LogP contribution in [0.2, 0.25) is 5.02 Å². The number of halogens is 2. The monoisotopic (exact) mass is 301 g/mol. The predicted molar refractivity (Wildman–Crippen MR) is 70.9 cm³/mol. The Morgan fingerprint density at radius 1 is 1.50 bits per heavy atom. The van der Waals surface area contributed by atoms with Crippen LogP contribution >= 0.6 is 27.5 Å². The molecule has 0 saturated carbocycles. The standard InChI is InChI=1S/C12H13BrClNO/c13-9-4-5-12(11(14)7-9)15-8-10-3-1-2-6-16-10/h2,4-7,10,15H,1,3,8H2. The molecule has 0 aliphatic carbocycles. The van der Waals surface area contributed by atoms with Crippen LogP contribution in [0.1, 0.15) is 12.8 Å². The first-order chi connectivity index (χ1) is 7.75. The number of benzene rings is 1. The third-order valence-corrected chi connectivity index (χ3v) is 3.28. The number of allylic oxidation sites excluding steroid dienone is 1. The maximum Gasteiger partial charge on any atom is 0.115 e. The molecule has 1 N–H and O–H groups in total. The molecule has 0 radical (unpaired) electrons. The van der Waals surface area contributed by atoms with Gasteiger partial charge in [0.25, 0.3) is 0 Å². The second-order valence-corrected chi connectivity index (χ2v) is 5.04. The molecule has 0 spiro atoms. The summed E-state index contributed by atoms with van der Waals surface area (Å²) in [6, 6.07) is 5.81. The van der Waals surface area contributed by atoms with Crippen molar-refractivity contribution in [3.63, 3.8) is 0 Å². The minimum atomic E-state index is 0.240. The summed E-state index contributed by atoms with van der Waals surface area (Å²) in [4.78, 5) is 0. The van der Waals surface area contributed by atoms with Crippen molar-refractivity contribution in [2.45, 2.75) is 18.9 Å². The van der Waals surface area contributed by atoms with E-state index in [9.17, 15) is 0 Å². The summed E-state index contributed by atoms with van der Waals surface area (Å²) in [6.45, 7) is 0.783. The van der Waals surface area contributed by atoms with Gasteiger partial charge in [0.05, 0.1) is 23.5 Å². The lowest BCUT2D eigenvalue weighted by molar-refractivity contribution is 0.135. The van der Waals surface area contributed by atoms with E-state index in [0.29, 0.717) is 0 Å². The highest BCUT2D eigenvalue weighted by molar-refractivity contribution is 9.10. The van der Waals surface area contributed by atoms with Crippen molar-refractivity contribution in [2.24, 2.45) is 0 Å². The van der Waals surface area contributed by atoms with Gasteiger partial charge in [-0.1, -0.05) is 27.5 Å². The van der Waals surface area contributed by atoms with Crippen LogP contribution in [0.5, 0.6) is 0 Å². The molecule has 1 unspecified atom stereocenters. The van der Waals surface area contributed by atoms with Gasteiger partial charge < -0.3 is 10.1 Å². The zero-order chi connectivity index (χ0) is 11.4. The average Bonchev–Trinajstić information content (AvgIpc) is 2.29. The zero-order valence-corrected chi connectivity index (χ0v) is 11.1. The number of ether oxygens (including phenoxy) is 1. The van der Waals surface area contributed by atoms with Crippen molar-refractivity contribution >= 4 is 33.2 Å². The number of hydrogen-bond donors (Lipinski definition) is 1. The predicted octanol–water partition coefficient (Wildman–Crippen LogP) is 4.21. The largest absolute Gasteiger partial charge is 0.497 e. The van der Waals surface area contributed by atoms with E-state index < -0.39 is 0 Å². The maximum atomic E-state index is 6.10. The Kier molecular flexibility index (Phi) is 4.13. The fourth-order valence-electron chi connectivity index (χ4n) is 1.59. The summed E-state index contributed by atoms with van der Waals surface area (Å²) >= 11 is 9.48. The number of anilines is 1. The van der Waals surface area contributed by atoms with Crippen LogP contribution in [0.4, 0.5) is 5.69 Å². The van der Waals surface area contributed by atoms with Crippen molar-refractivity contribution in [3.8, 4) is 0 Å². The highest BCUT2D eigenvalue weighted by Crippen LogP contribution is 2.25. The first-order valence-electron chi connectivity index (χ1n) is 5.25. The molecule has 1 aromatic carbocycles. The van der Waals surface area contributed by atoms with Gasteiger partial charge in [0, 0.05) is 4.47 Å². The van der Waals surface area contributed by atoms with Crippen LogP contribution in [0, 0.1) is 0 Å². The van der Waals surface area contributed by atoms with Gasteiger partial charge in [0.1, 0.15) is 6.10 Å². The van der Waals surface area contributed by atoms with Crippen LogP contribution in [0.15, 0.2) is 35.0 Å². The van der Waals surface area contributed by atoms with Crippen LogP contribution in [0.25, 0.3) is 0 Å². The van der Waals surface area contributed by atoms with Crippen LogP contribution < -0.4 is 5.32 Å². The van der Waals surface area contributed by atoms with E-state index in [1.165, 1.54) is 0 Å². The highest BCUT2D eigenvalue weighted by Gasteiger charge is 2.11. The smallest absolute Gasteiger partial charge is 0.115 e. The zero-order valence-electron chi connectivity index (χ0n) is 8.75. The topological polar surface area (TPSA) is 21.3 Å². The normalized spacial score (nSPS) is 19.2. The van der Waals surface area contributed by atoms with Crippen molar-refractivity contribution in [3.05, 3.63) is 40.0 Å². The second kappa shape index (κ2) is 5.60. The lowest BCUT2D eigenvalue weighted by Gasteiger charge is -2.20. The summed E-state index contributed by atoms with van der Waals surface area (Å²) in [5.74, 6) is 0. The van der Waals surface area contributed by atoms with Crippen molar-refractivity contribution in [2.75, 3.05) is 11.9 Å². The molecule has 2 rings (SSSR count). The van der Waals surface area contributed by atoms with Gasteiger partial charge in [0.15, 0.2) is 0 Å². The molecule has 0 aromatic heterocycles. The Labute approximate surface area is 109 Å². The van der Waals surface area contributed by atoms with Crippen LogP contribution in [0.3, 0.4) is 0 Å².